The zero-order valence-electron chi connectivity index (χ0n) is 8.59. The van der Waals surface area contributed by atoms with Gasteiger partial charge in [-0.2, -0.15) is 0 Å². The van der Waals surface area contributed by atoms with Crippen molar-refractivity contribution < 1.29 is 0 Å². The molecule has 0 unspecified atom stereocenters. The van der Waals surface area contributed by atoms with Gasteiger partial charge in [0.2, 0.25) is 0 Å². The molecule has 0 aliphatic carbocycles. The molecule has 0 aromatic rings. The predicted molar refractivity (Wildman–Crippen MR) is 66.0 cm³/mol. The molecule has 0 N–H and O–H groups in total. The number of thioether (sulfide) groups is 1. The van der Waals surface area contributed by atoms with Gasteiger partial charge in [0.1, 0.15) is 4.32 Å². The van der Waals surface area contributed by atoms with Crippen molar-refractivity contribution in [2.45, 2.75) is 27.2 Å². The van der Waals surface area contributed by atoms with Crippen molar-refractivity contribution in [2.75, 3.05) is 18.8 Å². The normalized spacial score (nSPS) is 8.85. The molecule has 13 heavy (non-hydrogen) atoms. The van der Waals surface area contributed by atoms with E-state index in [1.54, 1.807) is 11.8 Å². The van der Waals surface area contributed by atoms with Crippen LogP contribution in [0.5, 0.6) is 0 Å². The van der Waals surface area contributed by atoms with Crippen molar-refractivity contribution in [1.29, 1.82) is 0 Å². The molecule has 0 radical (unpaired) electrons. The summed E-state index contributed by atoms with van der Waals surface area (Å²) < 4.78 is 0.968. The van der Waals surface area contributed by atoms with E-state index in [2.05, 4.69) is 37.5 Å². The highest BCUT2D eigenvalue weighted by molar-refractivity contribution is 8.23. The zero-order valence-corrected chi connectivity index (χ0v) is 10.2. The van der Waals surface area contributed by atoms with Gasteiger partial charge in [0.05, 0.1) is 5.75 Å². The largest absolute Gasteiger partial charge is 0.358 e. The lowest BCUT2D eigenvalue weighted by molar-refractivity contribution is 0.482. The number of hydrogen-bond acceptors (Lipinski definition) is 2. The van der Waals surface area contributed by atoms with Gasteiger partial charge >= 0.3 is 0 Å². The third-order valence-electron chi connectivity index (χ3n) is 1.59. The number of thiocarbonyl (C=S) groups is 1. The first-order valence-corrected chi connectivity index (χ1v) is 6.03. The third kappa shape index (κ3) is 5.95. The Kier molecular flexibility index (Phi) is 8.27. The lowest BCUT2D eigenvalue weighted by Crippen LogP contribution is -2.26. The van der Waals surface area contributed by atoms with Crippen molar-refractivity contribution in [3.05, 3.63) is 0 Å². The van der Waals surface area contributed by atoms with Crippen LogP contribution in [0.1, 0.15) is 27.2 Å². The fourth-order valence-electron chi connectivity index (χ4n) is 0.847. The Hall–Kier alpha value is -0.200. The first-order chi connectivity index (χ1) is 6.26. The molecule has 0 fully saturated rings. The third-order valence-corrected chi connectivity index (χ3v) is 3.00. The Bertz CT molecular complexity index is 199. The topological polar surface area (TPSA) is 3.24 Å². The van der Waals surface area contributed by atoms with Crippen molar-refractivity contribution >= 4 is 28.3 Å². The highest BCUT2D eigenvalue weighted by Crippen LogP contribution is 2.07. The summed E-state index contributed by atoms with van der Waals surface area (Å²) >= 11 is 6.90. The maximum Gasteiger partial charge on any atom is 0.137 e. The SMILES string of the molecule is CCC#CCSC(=S)N(CC)CC. The van der Waals surface area contributed by atoms with E-state index in [4.69, 9.17) is 12.2 Å². The van der Waals surface area contributed by atoms with Crippen LogP contribution in [0.25, 0.3) is 0 Å². The molecule has 0 bridgehead atoms. The van der Waals surface area contributed by atoms with Crippen LogP contribution in [-0.4, -0.2) is 28.1 Å². The van der Waals surface area contributed by atoms with Gasteiger partial charge in [0.15, 0.2) is 0 Å². The Balaban J connectivity index is 3.72. The maximum absolute atomic E-state index is 5.24. The molecule has 0 spiro atoms. The summed E-state index contributed by atoms with van der Waals surface area (Å²) in [6, 6.07) is 0. The molecule has 0 heterocycles. The van der Waals surface area contributed by atoms with Crippen LogP contribution >= 0.6 is 24.0 Å². The molecule has 0 saturated heterocycles. The minimum atomic E-state index is 0.823. The molecule has 0 rings (SSSR count). The Morgan fingerprint density at radius 2 is 1.85 bits per heavy atom. The number of hydrogen-bond donors (Lipinski definition) is 0. The molecule has 0 aliphatic heterocycles. The maximum atomic E-state index is 5.24. The summed E-state index contributed by atoms with van der Waals surface area (Å²) in [5.74, 6) is 6.92. The van der Waals surface area contributed by atoms with Crippen LogP contribution in [0.2, 0.25) is 0 Å². The van der Waals surface area contributed by atoms with E-state index in [0.29, 0.717) is 0 Å². The van der Waals surface area contributed by atoms with E-state index in [1.165, 1.54) is 0 Å². The molecule has 0 aromatic heterocycles. The van der Waals surface area contributed by atoms with E-state index >= 15 is 0 Å². The molecule has 74 valence electrons. The molecular weight excluding hydrogens is 198 g/mol. The van der Waals surface area contributed by atoms with Gasteiger partial charge in [0.25, 0.3) is 0 Å². The molecule has 3 heteroatoms. The van der Waals surface area contributed by atoms with Crippen LogP contribution in [0.15, 0.2) is 0 Å². The molecule has 0 aliphatic rings. The van der Waals surface area contributed by atoms with E-state index in [9.17, 15) is 0 Å². The van der Waals surface area contributed by atoms with Crippen LogP contribution in [-0.2, 0) is 0 Å². The van der Waals surface area contributed by atoms with E-state index in [0.717, 1.165) is 29.6 Å². The summed E-state index contributed by atoms with van der Waals surface area (Å²) in [6.45, 7) is 8.27. The van der Waals surface area contributed by atoms with Gasteiger partial charge in [0, 0.05) is 19.5 Å². The van der Waals surface area contributed by atoms with Crippen LogP contribution < -0.4 is 0 Å². The lowest BCUT2D eigenvalue weighted by atomic mass is 10.5. The molecule has 0 atom stereocenters. The molecular formula is C10H17NS2. The minimum Gasteiger partial charge on any atom is -0.358 e. The fraction of sp³-hybridized carbons (Fsp3) is 0.700. The Labute approximate surface area is 91.3 Å². The number of rotatable bonds is 3. The average Bonchev–Trinajstić information content (AvgIpc) is 2.14. The second-order valence-electron chi connectivity index (χ2n) is 2.43. The van der Waals surface area contributed by atoms with Gasteiger partial charge in [-0.3, -0.25) is 0 Å². The first-order valence-electron chi connectivity index (χ1n) is 4.63. The van der Waals surface area contributed by atoms with Crippen molar-refractivity contribution in [1.82, 2.24) is 4.90 Å². The predicted octanol–water partition coefficient (Wildman–Crippen LogP) is 2.76. The van der Waals surface area contributed by atoms with Crippen LogP contribution in [0.3, 0.4) is 0 Å². The quantitative estimate of drug-likeness (QED) is 0.526. The molecule has 1 nitrogen and oxygen atoms in total. The first kappa shape index (κ1) is 12.8. The second-order valence-corrected chi connectivity index (χ2v) is 4.04. The monoisotopic (exact) mass is 215 g/mol. The second kappa shape index (κ2) is 8.40. The molecule has 0 amide bonds. The Morgan fingerprint density at radius 3 is 2.31 bits per heavy atom. The summed E-state index contributed by atoms with van der Waals surface area (Å²) in [4.78, 5) is 2.17. The van der Waals surface area contributed by atoms with Crippen LogP contribution in [0.4, 0.5) is 0 Å². The van der Waals surface area contributed by atoms with Crippen molar-refractivity contribution in [3.63, 3.8) is 0 Å². The van der Waals surface area contributed by atoms with Crippen molar-refractivity contribution in [2.24, 2.45) is 0 Å². The fourth-order valence-corrected chi connectivity index (χ4v) is 2.02. The van der Waals surface area contributed by atoms with E-state index < -0.39 is 0 Å². The molecule has 0 aromatic carbocycles. The van der Waals surface area contributed by atoms with E-state index in [1.807, 2.05) is 0 Å². The minimum absolute atomic E-state index is 0.823. The summed E-state index contributed by atoms with van der Waals surface area (Å²) in [5, 5.41) is 0. The molecule has 0 saturated carbocycles. The van der Waals surface area contributed by atoms with Crippen molar-refractivity contribution in [3.8, 4) is 11.8 Å². The highest BCUT2D eigenvalue weighted by atomic mass is 32.2. The van der Waals surface area contributed by atoms with Gasteiger partial charge in [-0.05, 0) is 13.8 Å². The number of nitrogens with zero attached hydrogens (tertiary/aromatic N) is 1. The van der Waals surface area contributed by atoms with Gasteiger partial charge < -0.3 is 4.90 Å². The van der Waals surface area contributed by atoms with Gasteiger partial charge in [-0.25, -0.2) is 0 Å². The summed E-state index contributed by atoms with van der Waals surface area (Å²) in [6.07, 6.45) is 0.929. The summed E-state index contributed by atoms with van der Waals surface area (Å²) in [5.41, 5.74) is 0. The smallest absolute Gasteiger partial charge is 0.137 e. The zero-order chi connectivity index (χ0) is 10.1. The van der Waals surface area contributed by atoms with E-state index in [-0.39, 0.29) is 0 Å². The van der Waals surface area contributed by atoms with Gasteiger partial charge in [-0.15, -0.1) is 5.92 Å². The van der Waals surface area contributed by atoms with Gasteiger partial charge in [-0.1, -0.05) is 36.8 Å². The lowest BCUT2D eigenvalue weighted by Gasteiger charge is -2.19. The standard InChI is InChI=1S/C10H17NS2/c1-4-7-8-9-13-10(12)11(5-2)6-3/h4-6,9H2,1-3H3. The Morgan fingerprint density at radius 1 is 1.23 bits per heavy atom. The summed E-state index contributed by atoms with van der Waals surface area (Å²) in [7, 11) is 0. The van der Waals surface area contributed by atoms with Crippen LogP contribution in [0, 0.1) is 11.8 Å². The highest BCUT2D eigenvalue weighted by Gasteiger charge is 2.03. The average molecular weight is 215 g/mol.